The van der Waals surface area contributed by atoms with E-state index < -0.39 is 0 Å². The van der Waals surface area contributed by atoms with Gasteiger partial charge in [-0.2, -0.15) is 5.10 Å². The van der Waals surface area contributed by atoms with Crippen LogP contribution in [0.15, 0.2) is 35.3 Å². The van der Waals surface area contributed by atoms with Crippen molar-refractivity contribution < 1.29 is 9.59 Å². The molecule has 2 saturated heterocycles. The molecule has 0 radical (unpaired) electrons. The monoisotopic (exact) mass is 423 g/mol. The maximum absolute atomic E-state index is 12.8. The van der Waals surface area contributed by atoms with Gasteiger partial charge >= 0.3 is 0 Å². The molecule has 0 saturated carbocycles. The number of nitrogens with zero attached hydrogens (tertiary/aromatic N) is 5. The zero-order chi connectivity index (χ0) is 21.8. The molecule has 0 unspecified atom stereocenters. The second kappa shape index (κ2) is 9.41. The van der Waals surface area contributed by atoms with Crippen LogP contribution in [0.25, 0.3) is 0 Å². The van der Waals surface area contributed by atoms with E-state index in [-0.39, 0.29) is 29.8 Å². The van der Waals surface area contributed by atoms with Crippen molar-refractivity contribution in [3.05, 3.63) is 57.8 Å². The van der Waals surface area contributed by atoms with Gasteiger partial charge in [0.2, 0.25) is 5.91 Å². The molecule has 0 aromatic carbocycles. The Bertz CT molecular complexity index is 995. The van der Waals surface area contributed by atoms with Gasteiger partial charge in [0.1, 0.15) is 6.54 Å². The van der Waals surface area contributed by atoms with Crippen LogP contribution in [0.3, 0.4) is 0 Å². The Kier molecular flexibility index (Phi) is 6.44. The lowest BCUT2D eigenvalue weighted by atomic mass is 9.94. The molecular weight excluding hydrogens is 394 g/mol. The molecule has 2 fully saturated rings. The number of aryl methyl sites for hydroxylation is 1. The number of likely N-dealkylation sites (tertiary alicyclic amines) is 2. The molecule has 0 N–H and O–H groups in total. The first-order valence-corrected chi connectivity index (χ1v) is 11.1. The van der Waals surface area contributed by atoms with E-state index in [1.54, 1.807) is 24.1 Å². The third kappa shape index (κ3) is 5.00. The second-order valence-corrected chi connectivity index (χ2v) is 8.47. The van der Waals surface area contributed by atoms with Crippen molar-refractivity contribution in [2.45, 2.75) is 51.5 Å². The Morgan fingerprint density at radius 1 is 1.00 bits per heavy atom. The topological polar surface area (TPSA) is 88.4 Å². The fourth-order valence-electron chi connectivity index (χ4n) is 4.39. The number of aromatic nitrogens is 3. The number of hydrogen-bond donors (Lipinski definition) is 0. The van der Waals surface area contributed by atoms with Crippen LogP contribution in [0.1, 0.15) is 59.8 Å². The molecule has 2 aliphatic heterocycles. The molecule has 8 nitrogen and oxygen atoms in total. The lowest BCUT2D eigenvalue weighted by Crippen LogP contribution is -2.42. The maximum atomic E-state index is 12.8. The van der Waals surface area contributed by atoms with E-state index in [1.807, 2.05) is 17.0 Å². The Hall–Kier alpha value is -3.03. The van der Waals surface area contributed by atoms with Crippen molar-refractivity contribution in [2.24, 2.45) is 0 Å². The molecule has 8 heteroatoms. The highest BCUT2D eigenvalue weighted by molar-refractivity contribution is 5.94. The van der Waals surface area contributed by atoms with Gasteiger partial charge in [0.25, 0.3) is 11.5 Å². The minimum atomic E-state index is -0.275. The number of rotatable bonds is 4. The summed E-state index contributed by atoms with van der Waals surface area (Å²) >= 11 is 0. The SMILES string of the molecule is Cc1ccc(=O)n(CC(=O)N2CCC[C@@H](c3ccc(C(=O)N4CCCCC4)cn3)C2)n1. The van der Waals surface area contributed by atoms with Crippen molar-refractivity contribution in [1.82, 2.24) is 24.6 Å². The number of amides is 2. The zero-order valence-electron chi connectivity index (χ0n) is 18.0. The van der Waals surface area contributed by atoms with Gasteiger partial charge in [-0.15, -0.1) is 0 Å². The van der Waals surface area contributed by atoms with Crippen molar-refractivity contribution in [3.63, 3.8) is 0 Å². The van der Waals surface area contributed by atoms with Crippen molar-refractivity contribution in [2.75, 3.05) is 26.2 Å². The molecule has 164 valence electrons. The highest BCUT2D eigenvalue weighted by atomic mass is 16.2. The molecule has 2 amide bonds. The molecule has 2 aromatic rings. The van der Waals surface area contributed by atoms with Crippen LogP contribution >= 0.6 is 0 Å². The average Bonchev–Trinajstić information content (AvgIpc) is 2.81. The van der Waals surface area contributed by atoms with E-state index in [0.29, 0.717) is 24.3 Å². The van der Waals surface area contributed by atoms with Crippen LogP contribution in [-0.2, 0) is 11.3 Å². The van der Waals surface area contributed by atoms with E-state index in [0.717, 1.165) is 44.5 Å². The van der Waals surface area contributed by atoms with Crippen LogP contribution in [0.5, 0.6) is 0 Å². The number of carbonyl (C=O) groups excluding carboxylic acids is 2. The largest absolute Gasteiger partial charge is 0.340 e. The summed E-state index contributed by atoms with van der Waals surface area (Å²) in [5.41, 5.74) is 1.95. The quantitative estimate of drug-likeness (QED) is 0.750. The predicted molar refractivity (Wildman–Crippen MR) is 116 cm³/mol. The van der Waals surface area contributed by atoms with Crippen molar-refractivity contribution in [1.29, 1.82) is 0 Å². The van der Waals surface area contributed by atoms with Crippen LogP contribution in [0.2, 0.25) is 0 Å². The molecular formula is C23H29N5O3. The normalized spacial score (nSPS) is 19.3. The molecule has 4 rings (SSSR count). The van der Waals surface area contributed by atoms with Crippen molar-refractivity contribution in [3.8, 4) is 0 Å². The molecule has 31 heavy (non-hydrogen) atoms. The molecule has 0 aliphatic carbocycles. The summed E-state index contributed by atoms with van der Waals surface area (Å²) in [5, 5.41) is 4.16. The fraction of sp³-hybridized carbons (Fsp3) is 0.522. The predicted octanol–water partition coefficient (Wildman–Crippen LogP) is 1.98. The fourth-order valence-corrected chi connectivity index (χ4v) is 4.39. The first kappa shape index (κ1) is 21.2. The summed E-state index contributed by atoms with van der Waals surface area (Å²) in [6, 6.07) is 6.86. The van der Waals surface area contributed by atoms with Gasteiger partial charge in [0, 0.05) is 50.1 Å². The van der Waals surface area contributed by atoms with E-state index in [1.165, 1.54) is 17.2 Å². The lowest BCUT2D eigenvalue weighted by molar-refractivity contribution is -0.133. The van der Waals surface area contributed by atoms with Crippen LogP contribution in [0, 0.1) is 6.92 Å². The third-order valence-electron chi connectivity index (χ3n) is 6.15. The van der Waals surface area contributed by atoms with Crippen LogP contribution < -0.4 is 5.56 Å². The van der Waals surface area contributed by atoms with Gasteiger partial charge < -0.3 is 9.80 Å². The zero-order valence-corrected chi connectivity index (χ0v) is 18.0. The number of piperidine rings is 2. The lowest BCUT2D eigenvalue weighted by Gasteiger charge is -2.32. The Morgan fingerprint density at radius 3 is 2.52 bits per heavy atom. The summed E-state index contributed by atoms with van der Waals surface area (Å²) < 4.78 is 1.22. The average molecular weight is 424 g/mol. The van der Waals surface area contributed by atoms with Crippen LogP contribution in [-0.4, -0.2) is 62.6 Å². The first-order chi connectivity index (χ1) is 15.0. The summed E-state index contributed by atoms with van der Waals surface area (Å²) in [6.45, 7) is 4.61. The Morgan fingerprint density at radius 2 is 1.77 bits per heavy atom. The van der Waals surface area contributed by atoms with Gasteiger partial charge in [-0.1, -0.05) is 0 Å². The highest BCUT2D eigenvalue weighted by Gasteiger charge is 2.26. The van der Waals surface area contributed by atoms with Gasteiger partial charge in [-0.25, -0.2) is 4.68 Å². The highest BCUT2D eigenvalue weighted by Crippen LogP contribution is 2.26. The summed E-state index contributed by atoms with van der Waals surface area (Å²) in [4.78, 5) is 45.7. The number of hydrogen-bond acceptors (Lipinski definition) is 5. The summed E-state index contributed by atoms with van der Waals surface area (Å²) in [7, 11) is 0. The van der Waals surface area contributed by atoms with E-state index >= 15 is 0 Å². The second-order valence-electron chi connectivity index (χ2n) is 8.47. The van der Waals surface area contributed by atoms with E-state index in [4.69, 9.17) is 0 Å². The Balaban J connectivity index is 1.40. The number of pyridine rings is 1. The third-order valence-corrected chi connectivity index (χ3v) is 6.15. The Labute approximate surface area is 181 Å². The maximum Gasteiger partial charge on any atom is 0.267 e. The van der Waals surface area contributed by atoms with Crippen molar-refractivity contribution >= 4 is 11.8 Å². The molecule has 2 aromatic heterocycles. The minimum Gasteiger partial charge on any atom is -0.340 e. The van der Waals surface area contributed by atoms with E-state index in [9.17, 15) is 14.4 Å². The molecule has 0 bridgehead atoms. The molecule has 2 aliphatic rings. The van der Waals surface area contributed by atoms with Gasteiger partial charge in [0.05, 0.1) is 11.3 Å². The van der Waals surface area contributed by atoms with Gasteiger partial charge in [-0.05, 0) is 57.2 Å². The van der Waals surface area contributed by atoms with Gasteiger partial charge in [-0.3, -0.25) is 19.4 Å². The van der Waals surface area contributed by atoms with Gasteiger partial charge in [0.15, 0.2) is 0 Å². The molecule has 4 heterocycles. The summed E-state index contributed by atoms with van der Waals surface area (Å²) in [5.74, 6) is 0.0659. The summed E-state index contributed by atoms with van der Waals surface area (Å²) in [6.07, 6.45) is 6.80. The van der Waals surface area contributed by atoms with Crippen LogP contribution in [0.4, 0.5) is 0 Å². The smallest absolute Gasteiger partial charge is 0.267 e. The molecule has 0 spiro atoms. The minimum absolute atomic E-state index is 0.0512. The standard InChI is InChI=1S/C23H29N5O3/c1-17-7-10-21(29)28(25-17)16-22(30)27-13-5-6-19(15-27)20-9-8-18(14-24-20)23(31)26-11-3-2-4-12-26/h7-10,14,19H,2-6,11-13,15-16H2,1H3/t19-/m1/s1. The number of carbonyl (C=O) groups is 2. The molecule has 1 atom stereocenters. The van der Waals surface area contributed by atoms with E-state index in [2.05, 4.69) is 10.1 Å². The first-order valence-electron chi connectivity index (χ1n) is 11.1.